The van der Waals surface area contributed by atoms with Crippen LogP contribution in [0.15, 0.2) is 22.7 Å². The standard InChI is InChI=1S/C12H16BrClN2O/c1-16(2)12(17)4-3-7-15-11-6-5-9(14)8-10(11)13/h5-6,8,15H,3-4,7H2,1-2H3. The normalized spacial score (nSPS) is 10.1. The number of halogens is 2. The number of nitrogens with one attached hydrogen (secondary N) is 1. The molecule has 3 nitrogen and oxygen atoms in total. The van der Waals surface area contributed by atoms with Crippen LogP contribution in [-0.4, -0.2) is 31.4 Å². The fourth-order valence-corrected chi connectivity index (χ4v) is 2.14. The molecule has 1 aromatic carbocycles. The average Bonchev–Trinajstić information content (AvgIpc) is 2.26. The molecule has 0 atom stereocenters. The number of carbonyl (C=O) groups excluding carboxylic acids is 1. The summed E-state index contributed by atoms with van der Waals surface area (Å²) in [4.78, 5) is 12.9. The number of hydrogen-bond acceptors (Lipinski definition) is 2. The van der Waals surface area contributed by atoms with Gasteiger partial charge in [-0.25, -0.2) is 0 Å². The minimum Gasteiger partial charge on any atom is -0.384 e. The Morgan fingerprint density at radius 2 is 2.18 bits per heavy atom. The second kappa shape index (κ2) is 6.87. The van der Waals surface area contributed by atoms with E-state index in [4.69, 9.17) is 11.6 Å². The van der Waals surface area contributed by atoms with Crippen molar-refractivity contribution in [2.75, 3.05) is 26.0 Å². The van der Waals surface area contributed by atoms with E-state index in [1.807, 2.05) is 18.2 Å². The minimum absolute atomic E-state index is 0.155. The Balaban J connectivity index is 2.34. The van der Waals surface area contributed by atoms with Crippen molar-refractivity contribution < 1.29 is 4.79 Å². The molecule has 0 spiro atoms. The van der Waals surface area contributed by atoms with Crippen LogP contribution < -0.4 is 5.32 Å². The molecule has 1 N–H and O–H groups in total. The van der Waals surface area contributed by atoms with Gasteiger partial charge in [0.25, 0.3) is 0 Å². The van der Waals surface area contributed by atoms with E-state index >= 15 is 0 Å². The van der Waals surface area contributed by atoms with E-state index in [-0.39, 0.29) is 5.91 Å². The number of carbonyl (C=O) groups is 1. The van der Waals surface area contributed by atoms with Crippen LogP contribution in [-0.2, 0) is 4.79 Å². The Kier molecular flexibility index (Phi) is 5.78. The quantitative estimate of drug-likeness (QED) is 0.844. The average molecular weight is 320 g/mol. The largest absolute Gasteiger partial charge is 0.384 e. The molecule has 1 aromatic rings. The first-order valence-electron chi connectivity index (χ1n) is 5.40. The van der Waals surface area contributed by atoms with E-state index in [0.29, 0.717) is 11.4 Å². The Bertz CT molecular complexity index is 396. The van der Waals surface area contributed by atoms with Crippen LogP contribution in [0, 0.1) is 0 Å². The first-order chi connectivity index (χ1) is 8.00. The van der Waals surface area contributed by atoms with Crippen molar-refractivity contribution in [1.29, 1.82) is 0 Å². The fourth-order valence-electron chi connectivity index (χ4n) is 1.32. The molecule has 5 heteroatoms. The second-order valence-electron chi connectivity index (χ2n) is 3.94. The van der Waals surface area contributed by atoms with E-state index in [0.717, 1.165) is 23.1 Å². The van der Waals surface area contributed by atoms with Crippen molar-refractivity contribution in [3.8, 4) is 0 Å². The summed E-state index contributed by atoms with van der Waals surface area (Å²) in [5, 5.41) is 3.96. The van der Waals surface area contributed by atoms with Gasteiger partial charge in [0.2, 0.25) is 5.91 Å². The monoisotopic (exact) mass is 318 g/mol. The number of benzene rings is 1. The number of anilines is 1. The summed E-state index contributed by atoms with van der Waals surface area (Å²) >= 11 is 9.28. The molecular formula is C12H16BrClN2O. The van der Waals surface area contributed by atoms with Crippen LogP contribution in [0.25, 0.3) is 0 Å². The van der Waals surface area contributed by atoms with E-state index in [1.165, 1.54) is 0 Å². The summed E-state index contributed by atoms with van der Waals surface area (Å²) in [7, 11) is 3.54. The maximum Gasteiger partial charge on any atom is 0.222 e. The lowest BCUT2D eigenvalue weighted by Crippen LogP contribution is -2.22. The number of amides is 1. The summed E-state index contributed by atoms with van der Waals surface area (Å²) in [6.07, 6.45) is 1.37. The molecule has 0 bridgehead atoms. The molecule has 0 saturated heterocycles. The highest BCUT2D eigenvalue weighted by atomic mass is 79.9. The SMILES string of the molecule is CN(C)C(=O)CCCNc1ccc(Cl)cc1Br. The van der Waals surface area contributed by atoms with Gasteiger partial charge in [0.1, 0.15) is 0 Å². The minimum atomic E-state index is 0.155. The summed E-state index contributed by atoms with van der Waals surface area (Å²) < 4.78 is 0.934. The van der Waals surface area contributed by atoms with E-state index < -0.39 is 0 Å². The van der Waals surface area contributed by atoms with Gasteiger partial charge in [0.15, 0.2) is 0 Å². The molecule has 0 unspecified atom stereocenters. The lowest BCUT2D eigenvalue weighted by Gasteiger charge is -2.11. The molecule has 0 heterocycles. The molecule has 0 aliphatic rings. The predicted octanol–water partition coefficient (Wildman–Crippen LogP) is 3.38. The highest BCUT2D eigenvalue weighted by molar-refractivity contribution is 9.10. The van der Waals surface area contributed by atoms with Gasteiger partial charge in [0.05, 0.1) is 0 Å². The summed E-state index contributed by atoms with van der Waals surface area (Å²) in [6, 6.07) is 5.59. The third kappa shape index (κ3) is 4.96. The van der Waals surface area contributed by atoms with Crippen molar-refractivity contribution in [1.82, 2.24) is 4.90 Å². The van der Waals surface area contributed by atoms with E-state index in [2.05, 4.69) is 21.2 Å². The zero-order chi connectivity index (χ0) is 12.8. The topological polar surface area (TPSA) is 32.3 Å². The van der Waals surface area contributed by atoms with E-state index in [9.17, 15) is 4.79 Å². The van der Waals surface area contributed by atoms with Crippen molar-refractivity contribution in [2.24, 2.45) is 0 Å². The Labute approximate surface area is 115 Å². The first-order valence-corrected chi connectivity index (χ1v) is 6.57. The zero-order valence-corrected chi connectivity index (χ0v) is 12.3. The Hall–Kier alpha value is -0.740. The van der Waals surface area contributed by atoms with Crippen molar-refractivity contribution in [3.63, 3.8) is 0 Å². The highest BCUT2D eigenvalue weighted by Crippen LogP contribution is 2.25. The van der Waals surface area contributed by atoms with Crippen LogP contribution in [0.1, 0.15) is 12.8 Å². The molecule has 0 aliphatic carbocycles. The van der Waals surface area contributed by atoms with Crippen LogP contribution >= 0.6 is 27.5 Å². The molecule has 1 amide bonds. The van der Waals surface area contributed by atoms with Crippen molar-refractivity contribution in [2.45, 2.75) is 12.8 Å². The molecule has 17 heavy (non-hydrogen) atoms. The fraction of sp³-hybridized carbons (Fsp3) is 0.417. The van der Waals surface area contributed by atoms with Crippen LogP contribution in [0.5, 0.6) is 0 Å². The van der Waals surface area contributed by atoms with Crippen LogP contribution in [0.3, 0.4) is 0 Å². The molecule has 0 aliphatic heterocycles. The maximum absolute atomic E-state index is 11.3. The first kappa shape index (κ1) is 14.3. The predicted molar refractivity (Wildman–Crippen MR) is 75.6 cm³/mol. The van der Waals surface area contributed by atoms with Gasteiger partial charge in [-0.05, 0) is 40.5 Å². The molecule has 0 fully saturated rings. The van der Waals surface area contributed by atoms with Gasteiger partial charge in [0, 0.05) is 42.2 Å². The maximum atomic E-state index is 11.3. The lowest BCUT2D eigenvalue weighted by atomic mass is 10.2. The Morgan fingerprint density at radius 1 is 1.47 bits per heavy atom. The molecular weight excluding hydrogens is 304 g/mol. The van der Waals surface area contributed by atoms with Gasteiger partial charge in [-0.2, -0.15) is 0 Å². The number of rotatable bonds is 5. The highest BCUT2D eigenvalue weighted by Gasteiger charge is 2.04. The van der Waals surface area contributed by atoms with Gasteiger partial charge in [-0.3, -0.25) is 4.79 Å². The Morgan fingerprint density at radius 3 is 2.76 bits per heavy atom. The van der Waals surface area contributed by atoms with Crippen molar-refractivity contribution in [3.05, 3.63) is 27.7 Å². The summed E-state index contributed by atoms with van der Waals surface area (Å²) in [6.45, 7) is 0.764. The summed E-state index contributed by atoms with van der Waals surface area (Å²) in [5.41, 5.74) is 0.992. The molecule has 0 saturated carbocycles. The zero-order valence-electron chi connectivity index (χ0n) is 9.96. The number of nitrogens with zero attached hydrogens (tertiary/aromatic N) is 1. The third-order valence-corrected chi connectivity index (χ3v) is 3.20. The molecule has 0 aromatic heterocycles. The van der Waals surface area contributed by atoms with Gasteiger partial charge >= 0.3 is 0 Å². The van der Waals surface area contributed by atoms with Crippen LogP contribution in [0.2, 0.25) is 5.02 Å². The second-order valence-corrected chi connectivity index (χ2v) is 5.23. The van der Waals surface area contributed by atoms with Crippen LogP contribution in [0.4, 0.5) is 5.69 Å². The summed E-state index contributed by atoms with van der Waals surface area (Å²) in [5.74, 6) is 0.155. The van der Waals surface area contributed by atoms with E-state index in [1.54, 1.807) is 19.0 Å². The molecule has 1 rings (SSSR count). The lowest BCUT2D eigenvalue weighted by molar-refractivity contribution is -0.128. The van der Waals surface area contributed by atoms with Gasteiger partial charge in [-0.15, -0.1) is 0 Å². The molecule has 94 valence electrons. The van der Waals surface area contributed by atoms with Crippen molar-refractivity contribution >= 4 is 39.1 Å². The van der Waals surface area contributed by atoms with Gasteiger partial charge < -0.3 is 10.2 Å². The smallest absolute Gasteiger partial charge is 0.222 e. The number of hydrogen-bond donors (Lipinski definition) is 1. The third-order valence-electron chi connectivity index (χ3n) is 2.31. The molecule has 0 radical (unpaired) electrons. The van der Waals surface area contributed by atoms with Gasteiger partial charge in [-0.1, -0.05) is 11.6 Å².